The fourth-order valence-corrected chi connectivity index (χ4v) is 2.52. The zero-order valence-corrected chi connectivity index (χ0v) is 11.6. The first-order valence-electron chi connectivity index (χ1n) is 7.35. The van der Waals surface area contributed by atoms with Crippen molar-refractivity contribution in [1.29, 1.82) is 0 Å². The van der Waals surface area contributed by atoms with Crippen molar-refractivity contribution in [2.24, 2.45) is 17.6 Å². The summed E-state index contributed by atoms with van der Waals surface area (Å²) in [6.07, 6.45) is 11.9. The average molecular weight is 239 g/mol. The minimum absolute atomic E-state index is 0.127. The number of nitrogens with two attached hydrogens (primary N) is 1. The summed E-state index contributed by atoms with van der Waals surface area (Å²) in [6.45, 7) is 3.88. The lowest BCUT2D eigenvalue weighted by molar-refractivity contribution is -0.118. The number of carbonyl (C=O) groups excluding carboxylic acids is 1. The summed E-state index contributed by atoms with van der Waals surface area (Å²) in [5.41, 5.74) is 5.74. The molecular formula is C15H29NO. The molecule has 0 bridgehead atoms. The second-order valence-corrected chi connectivity index (χ2v) is 5.98. The van der Waals surface area contributed by atoms with Crippen molar-refractivity contribution in [3.05, 3.63) is 0 Å². The average Bonchev–Trinajstić information content (AvgIpc) is 2.22. The maximum Gasteiger partial charge on any atom is 0.146 e. The van der Waals surface area contributed by atoms with Gasteiger partial charge in [0.15, 0.2) is 0 Å². The number of carbonyl (C=O) groups is 1. The van der Waals surface area contributed by atoms with E-state index >= 15 is 0 Å². The van der Waals surface area contributed by atoms with Crippen LogP contribution in [0, 0.1) is 11.8 Å². The molecule has 0 saturated heterocycles. The summed E-state index contributed by atoms with van der Waals surface area (Å²) < 4.78 is 0. The maximum absolute atomic E-state index is 11.0. The van der Waals surface area contributed by atoms with Gasteiger partial charge in [0.05, 0.1) is 6.04 Å². The molecule has 100 valence electrons. The van der Waals surface area contributed by atoms with E-state index in [4.69, 9.17) is 5.73 Å². The topological polar surface area (TPSA) is 43.1 Å². The van der Waals surface area contributed by atoms with Gasteiger partial charge in [-0.2, -0.15) is 0 Å². The van der Waals surface area contributed by atoms with E-state index in [1.165, 1.54) is 44.9 Å². The fourth-order valence-electron chi connectivity index (χ4n) is 2.52. The van der Waals surface area contributed by atoms with E-state index in [-0.39, 0.29) is 11.8 Å². The minimum atomic E-state index is -0.229. The molecule has 0 radical (unpaired) electrons. The Labute approximate surface area is 106 Å². The minimum Gasteiger partial charge on any atom is -0.322 e. The van der Waals surface area contributed by atoms with E-state index in [2.05, 4.69) is 6.92 Å². The zero-order valence-electron chi connectivity index (χ0n) is 11.6. The largest absolute Gasteiger partial charge is 0.322 e. The number of unbranched alkanes of at least 4 members (excludes halogenated alkanes) is 1. The van der Waals surface area contributed by atoms with Gasteiger partial charge in [0.25, 0.3) is 0 Å². The molecule has 0 aromatic heterocycles. The summed E-state index contributed by atoms with van der Waals surface area (Å²) in [5, 5.41) is 0. The van der Waals surface area contributed by atoms with Crippen molar-refractivity contribution >= 4 is 5.78 Å². The van der Waals surface area contributed by atoms with Crippen molar-refractivity contribution in [2.75, 3.05) is 0 Å². The first kappa shape index (κ1) is 14.7. The molecule has 2 atom stereocenters. The molecule has 2 heteroatoms. The molecule has 0 aromatic rings. The molecule has 1 fully saturated rings. The third-order valence-corrected chi connectivity index (χ3v) is 4.28. The van der Waals surface area contributed by atoms with Crippen molar-refractivity contribution in [3.63, 3.8) is 0 Å². The molecule has 1 aliphatic rings. The van der Waals surface area contributed by atoms with E-state index in [1.54, 1.807) is 6.92 Å². The van der Waals surface area contributed by atoms with Gasteiger partial charge in [0.2, 0.25) is 0 Å². The Kier molecular flexibility index (Phi) is 6.79. The molecule has 1 aliphatic carbocycles. The van der Waals surface area contributed by atoms with Crippen LogP contribution in [0.1, 0.15) is 71.6 Å². The quantitative estimate of drug-likeness (QED) is 0.624. The number of ketones is 1. The lowest BCUT2D eigenvalue weighted by Gasteiger charge is -2.25. The summed E-state index contributed by atoms with van der Waals surface area (Å²) >= 11 is 0. The molecule has 0 spiro atoms. The number of Topliss-reactive ketones (excluding diaryl/α,β-unsaturated/α-hetero) is 1. The van der Waals surface area contributed by atoms with Crippen LogP contribution >= 0.6 is 0 Å². The highest BCUT2D eigenvalue weighted by atomic mass is 16.1. The lowest BCUT2D eigenvalue weighted by Crippen LogP contribution is -2.28. The van der Waals surface area contributed by atoms with Gasteiger partial charge in [-0.25, -0.2) is 0 Å². The number of rotatable bonds is 9. The first-order chi connectivity index (χ1) is 8.09. The van der Waals surface area contributed by atoms with Gasteiger partial charge in [-0.1, -0.05) is 51.9 Å². The Bertz CT molecular complexity index is 223. The van der Waals surface area contributed by atoms with Gasteiger partial charge in [0.1, 0.15) is 5.78 Å². The maximum atomic E-state index is 11.0. The normalized spacial score (nSPS) is 19.7. The first-order valence-corrected chi connectivity index (χ1v) is 7.35. The molecule has 17 heavy (non-hydrogen) atoms. The predicted octanol–water partition coefficient (Wildman–Crippen LogP) is 3.68. The Balaban J connectivity index is 1.92. The number of hydrogen-bond acceptors (Lipinski definition) is 2. The van der Waals surface area contributed by atoms with Crippen LogP contribution in [-0.4, -0.2) is 11.8 Å². The van der Waals surface area contributed by atoms with Crippen molar-refractivity contribution in [2.45, 2.75) is 77.7 Å². The SMILES string of the molecule is CC(=O)[C@@H](N)CC[C@H](C)CCCCC1CCC1. The molecule has 2 nitrogen and oxygen atoms in total. The highest BCUT2D eigenvalue weighted by Crippen LogP contribution is 2.31. The number of hydrogen-bond donors (Lipinski definition) is 1. The van der Waals surface area contributed by atoms with Crippen LogP contribution in [0.2, 0.25) is 0 Å². The molecular weight excluding hydrogens is 210 g/mol. The molecule has 2 N–H and O–H groups in total. The standard InChI is InChI=1S/C15H29NO/c1-12(10-11-15(16)13(2)17)6-3-4-7-14-8-5-9-14/h12,14-15H,3-11,16H2,1-2H3/t12-,15+/m1/s1. The smallest absolute Gasteiger partial charge is 0.146 e. The van der Waals surface area contributed by atoms with E-state index in [0.717, 1.165) is 24.7 Å². The van der Waals surface area contributed by atoms with E-state index < -0.39 is 0 Å². The van der Waals surface area contributed by atoms with Crippen LogP contribution < -0.4 is 5.73 Å². The highest BCUT2D eigenvalue weighted by molar-refractivity contribution is 5.80. The molecule has 0 amide bonds. The third-order valence-electron chi connectivity index (χ3n) is 4.28. The van der Waals surface area contributed by atoms with Crippen molar-refractivity contribution in [3.8, 4) is 0 Å². The van der Waals surface area contributed by atoms with Crippen LogP contribution in [0.5, 0.6) is 0 Å². The monoisotopic (exact) mass is 239 g/mol. The third kappa shape index (κ3) is 6.21. The molecule has 1 saturated carbocycles. The van der Waals surface area contributed by atoms with Crippen LogP contribution in [0.15, 0.2) is 0 Å². The summed E-state index contributed by atoms with van der Waals surface area (Å²) in [5.74, 6) is 1.90. The van der Waals surface area contributed by atoms with E-state index in [9.17, 15) is 4.79 Å². The van der Waals surface area contributed by atoms with Gasteiger partial charge in [-0.15, -0.1) is 0 Å². The lowest BCUT2D eigenvalue weighted by atomic mass is 9.81. The highest BCUT2D eigenvalue weighted by Gasteiger charge is 2.16. The fraction of sp³-hybridized carbons (Fsp3) is 0.933. The van der Waals surface area contributed by atoms with E-state index in [1.807, 2.05) is 0 Å². The van der Waals surface area contributed by atoms with Crippen LogP contribution in [0.4, 0.5) is 0 Å². The predicted molar refractivity (Wildman–Crippen MR) is 72.9 cm³/mol. The molecule has 0 aromatic carbocycles. The Morgan fingerprint density at radius 1 is 1.24 bits per heavy atom. The van der Waals surface area contributed by atoms with E-state index in [0.29, 0.717) is 0 Å². The second kappa shape index (κ2) is 7.86. The van der Waals surface area contributed by atoms with Crippen molar-refractivity contribution in [1.82, 2.24) is 0 Å². The van der Waals surface area contributed by atoms with Gasteiger partial charge in [-0.05, 0) is 31.6 Å². The van der Waals surface area contributed by atoms with Gasteiger partial charge < -0.3 is 5.73 Å². The summed E-state index contributed by atoms with van der Waals surface area (Å²) in [7, 11) is 0. The Morgan fingerprint density at radius 3 is 2.47 bits per heavy atom. The van der Waals surface area contributed by atoms with Crippen molar-refractivity contribution < 1.29 is 4.79 Å². The van der Waals surface area contributed by atoms with Gasteiger partial charge in [0, 0.05) is 0 Å². The Hall–Kier alpha value is -0.370. The molecule has 0 aliphatic heterocycles. The molecule has 0 heterocycles. The summed E-state index contributed by atoms with van der Waals surface area (Å²) in [4.78, 5) is 11.0. The zero-order chi connectivity index (χ0) is 12.7. The second-order valence-electron chi connectivity index (χ2n) is 5.98. The van der Waals surface area contributed by atoms with Crippen LogP contribution in [-0.2, 0) is 4.79 Å². The molecule has 0 unspecified atom stereocenters. The van der Waals surface area contributed by atoms with Gasteiger partial charge in [-0.3, -0.25) is 4.79 Å². The van der Waals surface area contributed by atoms with Gasteiger partial charge >= 0.3 is 0 Å². The Morgan fingerprint density at radius 2 is 1.94 bits per heavy atom. The molecule has 1 rings (SSSR count). The van der Waals surface area contributed by atoms with Crippen LogP contribution in [0.25, 0.3) is 0 Å². The summed E-state index contributed by atoms with van der Waals surface area (Å²) in [6, 6.07) is -0.229. The van der Waals surface area contributed by atoms with Crippen LogP contribution in [0.3, 0.4) is 0 Å².